The molecule has 3 nitrogen and oxygen atoms in total. The molecule has 1 aromatic rings. The fourth-order valence-electron chi connectivity index (χ4n) is 1.72. The van der Waals surface area contributed by atoms with Crippen LogP contribution in [0.5, 0.6) is 5.75 Å². The second-order valence-electron chi connectivity index (χ2n) is 3.91. The van der Waals surface area contributed by atoms with E-state index < -0.39 is 6.61 Å². The zero-order valence-corrected chi connectivity index (χ0v) is 8.86. The number of halogens is 2. The highest BCUT2D eigenvalue weighted by atomic mass is 19.3. The summed E-state index contributed by atoms with van der Waals surface area (Å²) in [7, 11) is 0. The Morgan fingerprint density at radius 1 is 1.44 bits per heavy atom. The van der Waals surface area contributed by atoms with Crippen LogP contribution in [0.3, 0.4) is 0 Å². The van der Waals surface area contributed by atoms with Gasteiger partial charge in [-0.1, -0.05) is 6.07 Å². The van der Waals surface area contributed by atoms with Gasteiger partial charge in [-0.2, -0.15) is 8.78 Å². The molecule has 0 saturated carbocycles. The van der Waals surface area contributed by atoms with E-state index in [9.17, 15) is 13.9 Å². The molecule has 0 unspecified atom stereocenters. The number of hydrogen-bond acceptors (Lipinski definition) is 3. The van der Waals surface area contributed by atoms with E-state index in [0.29, 0.717) is 18.8 Å². The maximum atomic E-state index is 12.2. The smallest absolute Gasteiger partial charge is 0.387 e. The van der Waals surface area contributed by atoms with E-state index >= 15 is 0 Å². The van der Waals surface area contributed by atoms with Gasteiger partial charge in [0.25, 0.3) is 0 Å². The van der Waals surface area contributed by atoms with E-state index in [4.69, 9.17) is 0 Å². The highest BCUT2D eigenvalue weighted by Gasteiger charge is 2.27. The number of anilines is 1. The fraction of sp³-hybridized carbons (Fsp3) is 0.455. The summed E-state index contributed by atoms with van der Waals surface area (Å²) in [6.07, 6.45) is -0.374. The van der Waals surface area contributed by atoms with Gasteiger partial charge >= 0.3 is 6.61 Å². The Kier molecular flexibility index (Phi) is 2.96. The van der Waals surface area contributed by atoms with Gasteiger partial charge in [-0.15, -0.1) is 0 Å². The van der Waals surface area contributed by atoms with Crippen molar-refractivity contribution in [1.82, 2.24) is 0 Å². The van der Waals surface area contributed by atoms with Gasteiger partial charge in [0.2, 0.25) is 0 Å². The molecule has 0 aromatic heterocycles. The lowest BCUT2D eigenvalue weighted by Crippen LogP contribution is -2.51. The average Bonchev–Trinajstić information content (AvgIpc) is 2.13. The Morgan fingerprint density at radius 2 is 2.12 bits per heavy atom. The molecule has 88 valence electrons. The highest BCUT2D eigenvalue weighted by Crippen LogP contribution is 2.33. The van der Waals surface area contributed by atoms with Gasteiger partial charge in [0.15, 0.2) is 0 Å². The summed E-state index contributed by atoms with van der Waals surface area (Å²) in [4.78, 5) is 1.81. The van der Waals surface area contributed by atoms with Crippen LogP contribution in [-0.4, -0.2) is 30.9 Å². The summed E-state index contributed by atoms with van der Waals surface area (Å²) in [5, 5.41) is 9.18. The quantitative estimate of drug-likeness (QED) is 0.857. The maximum absolute atomic E-state index is 12.2. The lowest BCUT2D eigenvalue weighted by molar-refractivity contribution is -0.0497. The van der Waals surface area contributed by atoms with Crippen LogP contribution < -0.4 is 9.64 Å². The van der Waals surface area contributed by atoms with Gasteiger partial charge in [0.1, 0.15) is 5.75 Å². The number of ether oxygens (including phenoxy) is 1. The van der Waals surface area contributed by atoms with E-state index in [-0.39, 0.29) is 11.9 Å². The summed E-state index contributed by atoms with van der Waals surface area (Å²) in [6, 6.07) is 5.14. The van der Waals surface area contributed by atoms with Gasteiger partial charge in [-0.25, -0.2) is 0 Å². The molecule has 1 aliphatic heterocycles. The average molecular weight is 229 g/mol. The summed E-state index contributed by atoms with van der Waals surface area (Å²) >= 11 is 0. The van der Waals surface area contributed by atoms with Gasteiger partial charge in [0.05, 0.1) is 11.8 Å². The number of aliphatic hydroxyl groups excluding tert-OH is 1. The lowest BCUT2D eigenvalue weighted by Gasteiger charge is -2.38. The van der Waals surface area contributed by atoms with Crippen molar-refractivity contribution >= 4 is 5.69 Å². The molecule has 0 atom stereocenters. The Balaban J connectivity index is 2.22. The molecular formula is C11H13F2NO2. The number of β-amino-alcohol motifs (C(OH)–C–C–N with tert-alkyl or cyclic N) is 1. The minimum absolute atomic E-state index is 0.168. The Hall–Kier alpha value is -1.36. The molecule has 0 spiro atoms. The van der Waals surface area contributed by atoms with E-state index in [1.54, 1.807) is 12.1 Å². The van der Waals surface area contributed by atoms with Crippen LogP contribution in [0.4, 0.5) is 14.5 Å². The van der Waals surface area contributed by atoms with Gasteiger partial charge in [-0.05, 0) is 24.6 Å². The summed E-state index contributed by atoms with van der Waals surface area (Å²) in [5.41, 5.74) is 1.47. The monoisotopic (exact) mass is 229 g/mol. The van der Waals surface area contributed by atoms with E-state index in [0.717, 1.165) is 5.56 Å². The molecule has 1 fully saturated rings. The number of aliphatic hydroxyl groups is 1. The topological polar surface area (TPSA) is 32.7 Å². The van der Waals surface area contributed by atoms with Crippen LogP contribution >= 0.6 is 0 Å². The van der Waals surface area contributed by atoms with Crippen molar-refractivity contribution in [1.29, 1.82) is 0 Å². The van der Waals surface area contributed by atoms with Crippen molar-refractivity contribution in [3.05, 3.63) is 23.8 Å². The van der Waals surface area contributed by atoms with Crippen molar-refractivity contribution in [3.63, 3.8) is 0 Å². The number of rotatable bonds is 3. The molecule has 1 N–H and O–H groups in total. The van der Waals surface area contributed by atoms with Gasteiger partial charge in [0, 0.05) is 13.1 Å². The summed E-state index contributed by atoms with van der Waals surface area (Å²) < 4.78 is 28.9. The number of nitrogens with zero attached hydrogens (tertiary/aromatic N) is 1. The van der Waals surface area contributed by atoms with Crippen LogP contribution in [0.25, 0.3) is 0 Å². The summed E-state index contributed by atoms with van der Waals surface area (Å²) in [6.45, 7) is -0.0926. The number of benzene rings is 1. The third kappa shape index (κ3) is 2.24. The lowest BCUT2D eigenvalue weighted by atomic mass is 10.1. The molecule has 16 heavy (non-hydrogen) atoms. The van der Waals surface area contributed by atoms with Gasteiger partial charge in [-0.3, -0.25) is 0 Å². The fourth-order valence-corrected chi connectivity index (χ4v) is 1.72. The van der Waals surface area contributed by atoms with E-state index in [1.165, 1.54) is 0 Å². The molecule has 2 rings (SSSR count). The molecule has 0 radical (unpaired) electrons. The second kappa shape index (κ2) is 4.25. The first-order valence-corrected chi connectivity index (χ1v) is 5.05. The Morgan fingerprint density at radius 3 is 2.69 bits per heavy atom. The molecule has 1 aromatic carbocycles. The molecule has 0 aliphatic carbocycles. The molecule has 1 heterocycles. The first-order chi connectivity index (χ1) is 7.56. The van der Waals surface area contributed by atoms with Crippen LogP contribution in [0.2, 0.25) is 0 Å². The Bertz CT molecular complexity index is 378. The summed E-state index contributed by atoms with van der Waals surface area (Å²) in [5.74, 6) is 0.168. The molecule has 0 amide bonds. The second-order valence-corrected chi connectivity index (χ2v) is 3.91. The van der Waals surface area contributed by atoms with Crippen molar-refractivity contribution < 1.29 is 18.6 Å². The van der Waals surface area contributed by atoms with Crippen LogP contribution in [0.1, 0.15) is 5.56 Å². The number of hydrogen-bond donors (Lipinski definition) is 1. The Labute approximate surface area is 92.2 Å². The van der Waals surface area contributed by atoms with Crippen LogP contribution in [0.15, 0.2) is 18.2 Å². The van der Waals surface area contributed by atoms with Crippen molar-refractivity contribution in [2.24, 2.45) is 0 Å². The molecule has 5 heteroatoms. The van der Waals surface area contributed by atoms with E-state index in [2.05, 4.69) is 4.74 Å². The molecular weight excluding hydrogens is 216 g/mol. The molecule has 1 saturated heterocycles. The minimum atomic E-state index is -2.83. The standard InChI is InChI=1S/C11H13F2NO2/c1-7-2-3-9(14-5-8(15)6-14)10(4-7)16-11(12)13/h2-4,8,11,15H,5-6H2,1H3. The zero-order chi connectivity index (χ0) is 11.7. The predicted molar refractivity (Wildman–Crippen MR) is 56.0 cm³/mol. The molecule has 1 aliphatic rings. The van der Waals surface area contributed by atoms with Crippen LogP contribution in [0, 0.1) is 6.92 Å². The first-order valence-electron chi connectivity index (χ1n) is 5.05. The van der Waals surface area contributed by atoms with Crippen molar-refractivity contribution in [2.45, 2.75) is 19.6 Å². The molecule has 0 bridgehead atoms. The zero-order valence-electron chi connectivity index (χ0n) is 8.86. The van der Waals surface area contributed by atoms with Crippen LogP contribution in [-0.2, 0) is 0 Å². The first kappa shape index (κ1) is 11.1. The number of alkyl halides is 2. The highest BCUT2D eigenvalue weighted by molar-refractivity contribution is 5.61. The maximum Gasteiger partial charge on any atom is 0.387 e. The minimum Gasteiger partial charge on any atom is -0.433 e. The predicted octanol–water partition coefficient (Wildman–Crippen LogP) is 1.78. The van der Waals surface area contributed by atoms with E-state index in [1.807, 2.05) is 17.9 Å². The largest absolute Gasteiger partial charge is 0.433 e. The third-order valence-corrected chi connectivity index (χ3v) is 2.53. The third-order valence-electron chi connectivity index (χ3n) is 2.53. The van der Waals surface area contributed by atoms with Gasteiger partial charge < -0.3 is 14.7 Å². The SMILES string of the molecule is Cc1ccc(N2CC(O)C2)c(OC(F)F)c1. The number of aryl methyl sites for hydroxylation is 1. The normalized spacial score (nSPS) is 16.4. The van der Waals surface area contributed by atoms with Crippen molar-refractivity contribution in [3.8, 4) is 5.75 Å². The van der Waals surface area contributed by atoms with Crippen molar-refractivity contribution in [2.75, 3.05) is 18.0 Å².